The molecule has 0 aliphatic carbocycles. The number of halogens is 1. The van der Waals surface area contributed by atoms with Crippen LogP contribution in [-0.4, -0.2) is 12.6 Å². The summed E-state index contributed by atoms with van der Waals surface area (Å²) in [4.78, 5) is 12.3. The Balaban J connectivity index is 1.53. The number of hydrogen-bond acceptors (Lipinski definition) is 6. The fourth-order valence-corrected chi connectivity index (χ4v) is 3.60. The van der Waals surface area contributed by atoms with E-state index in [0.29, 0.717) is 22.6 Å². The molecule has 1 unspecified atom stereocenters. The highest BCUT2D eigenvalue weighted by Crippen LogP contribution is 2.43. The Morgan fingerprint density at radius 3 is 2.48 bits per heavy atom. The van der Waals surface area contributed by atoms with Crippen molar-refractivity contribution in [1.29, 1.82) is 5.26 Å². The standard InChI is InChI=1S/C26H21FN2O4/c1-15-3-8-19(11-16(15)2)31-14-24(30)32-20-9-10-21-23(12-20)33-26(29)22(13-28)25(21)17-4-6-18(27)7-5-17/h3-12,25H,14,29H2,1-2H3. The van der Waals surface area contributed by atoms with Crippen LogP contribution in [0.15, 0.2) is 72.1 Å². The zero-order valence-corrected chi connectivity index (χ0v) is 18.1. The monoisotopic (exact) mass is 444 g/mol. The molecule has 0 saturated carbocycles. The van der Waals surface area contributed by atoms with Crippen molar-refractivity contribution in [3.8, 4) is 23.3 Å². The molecule has 4 rings (SSSR count). The van der Waals surface area contributed by atoms with Crippen LogP contribution in [0.25, 0.3) is 0 Å². The average molecular weight is 444 g/mol. The first kappa shape index (κ1) is 21.9. The molecule has 166 valence electrons. The van der Waals surface area contributed by atoms with Crippen molar-refractivity contribution in [2.75, 3.05) is 6.61 Å². The molecule has 3 aromatic carbocycles. The predicted molar refractivity (Wildman–Crippen MR) is 119 cm³/mol. The highest BCUT2D eigenvalue weighted by molar-refractivity contribution is 5.74. The van der Waals surface area contributed by atoms with Crippen LogP contribution < -0.4 is 19.9 Å². The summed E-state index contributed by atoms with van der Waals surface area (Å²) in [6.07, 6.45) is 0. The number of aryl methyl sites for hydroxylation is 2. The van der Waals surface area contributed by atoms with Crippen LogP contribution in [0.5, 0.6) is 17.2 Å². The summed E-state index contributed by atoms with van der Waals surface area (Å²) in [6.45, 7) is 3.69. The normalized spacial score (nSPS) is 14.7. The zero-order valence-electron chi connectivity index (χ0n) is 18.1. The predicted octanol–water partition coefficient (Wildman–Crippen LogP) is 4.65. The molecule has 0 amide bonds. The summed E-state index contributed by atoms with van der Waals surface area (Å²) < 4.78 is 29.9. The minimum absolute atomic E-state index is 0.0547. The third-order valence-electron chi connectivity index (χ3n) is 5.46. The Bertz CT molecular complexity index is 1290. The second kappa shape index (κ2) is 9.05. The first-order valence-electron chi connectivity index (χ1n) is 10.2. The number of ether oxygens (including phenoxy) is 3. The number of allylic oxidation sites excluding steroid dienone is 1. The first-order chi connectivity index (χ1) is 15.9. The van der Waals surface area contributed by atoms with Crippen LogP contribution >= 0.6 is 0 Å². The number of esters is 1. The van der Waals surface area contributed by atoms with E-state index in [9.17, 15) is 14.4 Å². The molecule has 0 spiro atoms. The van der Waals surface area contributed by atoms with E-state index in [2.05, 4.69) is 6.07 Å². The SMILES string of the molecule is Cc1ccc(OCC(=O)Oc2ccc3c(c2)OC(N)=C(C#N)C3c2ccc(F)cc2)cc1C. The van der Waals surface area contributed by atoms with E-state index in [-0.39, 0.29) is 29.6 Å². The lowest BCUT2D eigenvalue weighted by Crippen LogP contribution is -2.21. The van der Waals surface area contributed by atoms with Gasteiger partial charge in [-0.15, -0.1) is 0 Å². The van der Waals surface area contributed by atoms with Crippen LogP contribution in [0.4, 0.5) is 4.39 Å². The lowest BCUT2D eigenvalue weighted by atomic mass is 9.83. The smallest absolute Gasteiger partial charge is 0.349 e. The number of nitriles is 1. The number of carbonyl (C=O) groups excluding carboxylic acids is 1. The molecule has 6 nitrogen and oxygen atoms in total. The van der Waals surface area contributed by atoms with Crippen molar-refractivity contribution in [2.45, 2.75) is 19.8 Å². The highest BCUT2D eigenvalue weighted by atomic mass is 19.1. The minimum Gasteiger partial charge on any atom is -0.482 e. The maximum Gasteiger partial charge on any atom is 0.349 e. The highest BCUT2D eigenvalue weighted by Gasteiger charge is 2.31. The summed E-state index contributed by atoms with van der Waals surface area (Å²) >= 11 is 0. The Hall–Kier alpha value is -4.31. The number of fused-ring (bicyclic) bond motifs is 1. The number of nitrogens with two attached hydrogens (primary N) is 1. The van der Waals surface area contributed by atoms with Gasteiger partial charge in [-0.1, -0.05) is 24.3 Å². The fourth-order valence-electron chi connectivity index (χ4n) is 3.60. The lowest BCUT2D eigenvalue weighted by Gasteiger charge is -2.26. The Morgan fingerprint density at radius 1 is 1.06 bits per heavy atom. The number of carbonyl (C=O) groups is 1. The molecule has 7 heteroatoms. The summed E-state index contributed by atoms with van der Waals surface area (Å²) in [6, 6.07) is 18.3. The molecular weight excluding hydrogens is 423 g/mol. The van der Waals surface area contributed by atoms with E-state index >= 15 is 0 Å². The van der Waals surface area contributed by atoms with Crippen LogP contribution in [0.2, 0.25) is 0 Å². The van der Waals surface area contributed by atoms with Gasteiger partial charge in [-0.05, 0) is 60.9 Å². The number of nitrogens with zero attached hydrogens (tertiary/aromatic N) is 1. The van der Waals surface area contributed by atoms with Gasteiger partial charge in [-0.3, -0.25) is 0 Å². The van der Waals surface area contributed by atoms with Crippen molar-refractivity contribution in [1.82, 2.24) is 0 Å². The maximum absolute atomic E-state index is 13.4. The van der Waals surface area contributed by atoms with Gasteiger partial charge in [0, 0.05) is 11.6 Å². The second-order valence-corrected chi connectivity index (χ2v) is 7.68. The Morgan fingerprint density at radius 2 is 1.79 bits per heavy atom. The number of benzene rings is 3. The van der Waals surface area contributed by atoms with Gasteiger partial charge >= 0.3 is 5.97 Å². The number of hydrogen-bond donors (Lipinski definition) is 1. The molecule has 1 aliphatic heterocycles. The molecule has 1 heterocycles. The summed E-state index contributed by atoms with van der Waals surface area (Å²) in [5.41, 5.74) is 9.73. The van der Waals surface area contributed by atoms with Gasteiger partial charge in [0.2, 0.25) is 5.88 Å². The Kier molecular flexibility index (Phi) is 6.01. The summed E-state index contributed by atoms with van der Waals surface area (Å²) in [5.74, 6) is -0.382. The van der Waals surface area contributed by atoms with Crippen molar-refractivity contribution < 1.29 is 23.4 Å². The Labute approximate surface area is 190 Å². The third-order valence-corrected chi connectivity index (χ3v) is 5.46. The molecule has 33 heavy (non-hydrogen) atoms. The molecule has 0 saturated heterocycles. The van der Waals surface area contributed by atoms with Gasteiger partial charge in [-0.25, -0.2) is 9.18 Å². The van der Waals surface area contributed by atoms with Crippen molar-refractivity contribution >= 4 is 5.97 Å². The van der Waals surface area contributed by atoms with Gasteiger partial charge in [0.05, 0.1) is 5.92 Å². The van der Waals surface area contributed by atoms with Crippen LogP contribution in [0, 0.1) is 31.0 Å². The van der Waals surface area contributed by atoms with Gasteiger partial charge in [0.1, 0.15) is 34.7 Å². The average Bonchev–Trinajstić information content (AvgIpc) is 2.79. The van der Waals surface area contributed by atoms with E-state index in [4.69, 9.17) is 19.9 Å². The minimum atomic E-state index is -0.583. The largest absolute Gasteiger partial charge is 0.482 e. The maximum atomic E-state index is 13.4. The molecule has 0 aromatic heterocycles. The number of rotatable bonds is 5. The molecule has 0 radical (unpaired) electrons. The molecule has 0 bridgehead atoms. The fraction of sp³-hybridized carbons (Fsp3) is 0.154. The summed E-state index contributed by atoms with van der Waals surface area (Å²) in [5, 5.41) is 9.61. The van der Waals surface area contributed by atoms with E-state index in [1.807, 2.05) is 26.0 Å². The van der Waals surface area contributed by atoms with E-state index in [1.165, 1.54) is 18.2 Å². The topological polar surface area (TPSA) is 94.6 Å². The molecule has 1 aliphatic rings. The van der Waals surface area contributed by atoms with Crippen molar-refractivity contribution in [3.63, 3.8) is 0 Å². The zero-order chi connectivity index (χ0) is 23.5. The molecular formula is C26H21FN2O4. The molecule has 1 atom stereocenters. The van der Waals surface area contributed by atoms with Crippen molar-refractivity contribution in [3.05, 3.63) is 100 Å². The van der Waals surface area contributed by atoms with E-state index < -0.39 is 11.9 Å². The van der Waals surface area contributed by atoms with Gasteiger partial charge in [0.25, 0.3) is 0 Å². The van der Waals surface area contributed by atoms with Crippen LogP contribution in [0.1, 0.15) is 28.2 Å². The second-order valence-electron chi connectivity index (χ2n) is 7.68. The molecule has 0 fully saturated rings. The lowest BCUT2D eigenvalue weighted by molar-refractivity contribution is -0.136. The summed E-state index contributed by atoms with van der Waals surface area (Å²) in [7, 11) is 0. The van der Waals surface area contributed by atoms with Gasteiger partial charge in [-0.2, -0.15) is 5.26 Å². The quantitative estimate of drug-likeness (QED) is 0.455. The molecule has 2 N–H and O–H groups in total. The van der Waals surface area contributed by atoms with Crippen LogP contribution in [0.3, 0.4) is 0 Å². The van der Waals surface area contributed by atoms with E-state index in [1.54, 1.807) is 30.3 Å². The van der Waals surface area contributed by atoms with Crippen molar-refractivity contribution in [2.24, 2.45) is 5.73 Å². The third kappa shape index (κ3) is 4.65. The van der Waals surface area contributed by atoms with E-state index in [0.717, 1.165) is 11.1 Å². The first-order valence-corrected chi connectivity index (χ1v) is 10.2. The van der Waals surface area contributed by atoms with Gasteiger partial charge in [0.15, 0.2) is 6.61 Å². The van der Waals surface area contributed by atoms with Crippen LogP contribution in [-0.2, 0) is 4.79 Å². The van der Waals surface area contributed by atoms with Gasteiger partial charge < -0.3 is 19.9 Å². The molecule has 3 aromatic rings.